The van der Waals surface area contributed by atoms with Gasteiger partial charge in [0.25, 0.3) is 5.91 Å². The topological polar surface area (TPSA) is 77.2 Å². The predicted molar refractivity (Wildman–Crippen MR) is 115 cm³/mol. The molecule has 1 saturated carbocycles. The molecule has 2 aromatic carbocycles. The number of nitrogens with zero attached hydrogens (tertiary/aromatic N) is 3. The number of likely N-dealkylation sites (tertiary alicyclic amines) is 1. The number of aromatic nitrogens is 1. The molecular weight excluding hydrogens is 393 g/mol. The van der Waals surface area contributed by atoms with Crippen molar-refractivity contribution in [3.05, 3.63) is 65.6 Å². The van der Waals surface area contributed by atoms with Crippen LogP contribution < -0.4 is 0 Å². The summed E-state index contributed by atoms with van der Waals surface area (Å²) in [6, 6.07) is 14.5. The second-order valence-corrected chi connectivity index (χ2v) is 8.50. The summed E-state index contributed by atoms with van der Waals surface area (Å²) in [4.78, 5) is 19.5. The number of rotatable bonds is 3. The van der Waals surface area contributed by atoms with Crippen molar-refractivity contribution in [3.63, 3.8) is 0 Å². The summed E-state index contributed by atoms with van der Waals surface area (Å²) in [5, 5.41) is 19.8. The minimum atomic E-state index is -0.391. The Labute approximate surface area is 179 Å². The number of carbonyl (C=O) groups is 1. The van der Waals surface area contributed by atoms with Crippen LogP contribution in [0.3, 0.4) is 0 Å². The zero-order chi connectivity index (χ0) is 21.6. The molecule has 6 heteroatoms. The molecule has 2 aliphatic rings. The number of halogens is 1. The Hall–Kier alpha value is -3.30. The third-order valence-electron chi connectivity index (χ3n) is 6.50. The number of hydrogen-bond acceptors (Lipinski definition) is 4. The highest BCUT2D eigenvalue weighted by Gasteiger charge is 2.44. The van der Waals surface area contributed by atoms with Crippen molar-refractivity contribution < 1.29 is 14.3 Å². The summed E-state index contributed by atoms with van der Waals surface area (Å²) in [7, 11) is 0. The maximum absolute atomic E-state index is 14.2. The lowest BCUT2D eigenvalue weighted by molar-refractivity contribution is 0.0547. The highest BCUT2D eigenvalue weighted by Crippen LogP contribution is 2.48. The lowest BCUT2D eigenvalue weighted by Crippen LogP contribution is -2.40. The van der Waals surface area contributed by atoms with Crippen molar-refractivity contribution in [2.45, 2.75) is 37.2 Å². The number of carbonyl (C=O) groups excluding carboxylic acids is 1. The Morgan fingerprint density at radius 3 is 2.52 bits per heavy atom. The van der Waals surface area contributed by atoms with Crippen LogP contribution >= 0.6 is 0 Å². The molecule has 1 aliphatic heterocycles. The minimum Gasteiger partial charge on any atom is -0.393 e. The molecule has 3 aromatic rings. The summed E-state index contributed by atoms with van der Waals surface area (Å²) in [5.41, 5.74) is 3.05. The van der Waals surface area contributed by atoms with Gasteiger partial charge in [0, 0.05) is 30.2 Å². The molecule has 0 bridgehead atoms. The number of benzene rings is 2. The van der Waals surface area contributed by atoms with Crippen molar-refractivity contribution in [1.29, 1.82) is 5.26 Å². The van der Waals surface area contributed by atoms with Crippen molar-refractivity contribution in [2.75, 3.05) is 13.1 Å². The van der Waals surface area contributed by atoms with Crippen LogP contribution in [0.5, 0.6) is 0 Å². The number of piperidine rings is 1. The zero-order valence-corrected chi connectivity index (χ0v) is 17.0. The van der Waals surface area contributed by atoms with Gasteiger partial charge in [0.05, 0.1) is 28.7 Å². The second-order valence-electron chi connectivity index (χ2n) is 8.50. The Bertz CT molecular complexity index is 1200. The van der Waals surface area contributed by atoms with Gasteiger partial charge in [0.2, 0.25) is 0 Å². The van der Waals surface area contributed by atoms with Crippen LogP contribution in [-0.4, -0.2) is 40.1 Å². The number of nitriles is 1. The van der Waals surface area contributed by atoms with Crippen LogP contribution in [0, 0.1) is 17.1 Å². The number of aliphatic hydroxyl groups excluding tert-OH is 1. The normalized spacial score (nSPS) is 18.0. The van der Waals surface area contributed by atoms with E-state index in [-0.39, 0.29) is 17.8 Å². The molecule has 0 radical (unpaired) electrons. The maximum Gasteiger partial charge on any atom is 0.256 e. The number of amides is 1. The van der Waals surface area contributed by atoms with Crippen LogP contribution in [0.4, 0.5) is 4.39 Å². The molecular formula is C25H22FN3O2. The monoisotopic (exact) mass is 415 g/mol. The van der Waals surface area contributed by atoms with E-state index in [9.17, 15) is 19.6 Å². The number of pyridine rings is 1. The fourth-order valence-electron chi connectivity index (χ4n) is 4.42. The summed E-state index contributed by atoms with van der Waals surface area (Å²) in [6.45, 7) is 0.953. The van der Waals surface area contributed by atoms with Crippen LogP contribution in [0.15, 0.2) is 48.7 Å². The molecule has 2 heterocycles. The van der Waals surface area contributed by atoms with Gasteiger partial charge in [-0.15, -0.1) is 0 Å². The van der Waals surface area contributed by atoms with Gasteiger partial charge in [-0.1, -0.05) is 24.3 Å². The summed E-state index contributed by atoms with van der Waals surface area (Å²) in [5.74, 6) is -0.556. The summed E-state index contributed by atoms with van der Waals surface area (Å²) < 4.78 is 14.2. The first-order chi connectivity index (χ1) is 15.0. The molecule has 1 amide bonds. The Kier molecular flexibility index (Phi) is 4.71. The zero-order valence-electron chi connectivity index (χ0n) is 17.0. The van der Waals surface area contributed by atoms with Gasteiger partial charge < -0.3 is 10.0 Å². The van der Waals surface area contributed by atoms with Gasteiger partial charge >= 0.3 is 0 Å². The third-order valence-corrected chi connectivity index (χ3v) is 6.50. The van der Waals surface area contributed by atoms with Gasteiger partial charge in [-0.2, -0.15) is 5.26 Å². The number of aliphatic hydroxyl groups is 1. The molecule has 0 unspecified atom stereocenters. The van der Waals surface area contributed by atoms with E-state index in [0.29, 0.717) is 48.0 Å². The van der Waals surface area contributed by atoms with Gasteiger partial charge in [-0.25, -0.2) is 4.39 Å². The van der Waals surface area contributed by atoms with Gasteiger partial charge in [0.1, 0.15) is 5.82 Å². The average molecular weight is 415 g/mol. The lowest BCUT2D eigenvalue weighted by atomic mass is 9.91. The standard InChI is InChI=1S/C25H22FN3O2/c26-18-5-6-22-20(13-18)23(16-1-3-17(4-2-16)25(15-27)9-10-25)21(14-28-22)24(31)29-11-7-19(30)8-12-29/h1-6,13-14,19,30H,7-12H2. The molecule has 5 rings (SSSR count). The third kappa shape index (κ3) is 3.45. The summed E-state index contributed by atoms with van der Waals surface area (Å²) >= 11 is 0. The molecule has 1 aliphatic carbocycles. The van der Waals surface area contributed by atoms with Crippen LogP contribution in [0.1, 0.15) is 41.6 Å². The van der Waals surface area contributed by atoms with E-state index >= 15 is 0 Å². The average Bonchev–Trinajstić information content (AvgIpc) is 3.60. The minimum absolute atomic E-state index is 0.166. The second kappa shape index (κ2) is 7.44. The molecule has 0 atom stereocenters. The molecule has 31 heavy (non-hydrogen) atoms. The predicted octanol–water partition coefficient (Wildman–Crippen LogP) is 4.19. The highest BCUT2D eigenvalue weighted by molar-refractivity contribution is 6.08. The summed E-state index contributed by atoms with van der Waals surface area (Å²) in [6.07, 6.45) is 3.99. The van der Waals surface area contributed by atoms with E-state index in [0.717, 1.165) is 24.0 Å². The van der Waals surface area contributed by atoms with E-state index in [2.05, 4.69) is 11.1 Å². The SMILES string of the molecule is N#CC1(c2ccc(-c3c(C(=O)N4CCC(O)CC4)cnc4ccc(F)cc34)cc2)CC1. The van der Waals surface area contributed by atoms with Crippen molar-refractivity contribution in [3.8, 4) is 17.2 Å². The lowest BCUT2D eigenvalue weighted by Gasteiger charge is -2.30. The van der Waals surface area contributed by atoms with E-state index in [1.54, 1.807) is 17.2 Å². The van der Waals surface area contributed by atoms with Crippen molar-refractivity contribution in [1.82, 2.24) is 9.88 Å². The van der Waals surface area contributed by atoms with Gasteiger partial charge in [-0.3, -0.25) is 9.78 Å². The molecule has 156 valence electrons. The van der Waals surface area contributed by atoms with Crippen LogP contribution in [0.25, 0.3) is 22.0 Å². The van der Waals surface area contributed by atoms with E-state index < -0.39 is 5.41 Å². The smallest absolute Gasteiger partial charge is 0.256 e. The molecule has 1 aromatic heterocycles. The van der Waals surface area contributed by atoms with E-state index in [4.69, 9.17) is 0 Å². The first kappa shape index (κ1) is 19.7. The number of hydrogen-bond donors (Lipinski definition) is 1. The molecule has 1 N–H and O–H groups in total. The first-order valence-corrected chi connectivity index (χ1v) is 10.6. The fourth-order valence-corrected chi connectivity index (χ4v) is 4.42. The Morgan fingerprint density at radius 2 is 1.87 bits per heavy atom. The van der Waals surface area contributed by atoms with E-state index in [1.165, 1.54) is 12.1 Å². The maximum atomic E-state index is 14.2. The fraction of sp³-hybridized carbons (Fsp3) is 0.320. The Balaban J connectivity index is 1.62. The Morgan fingerprint density at radius 1 is 1.16 bits per heavy atom. The van der Waals surface area contributed by atoms with Crippen molar-refractivity contribution >= 4 is 16.8 Å². The van der Waals surface area contributed by atoms with Crippen LogP contribution in [0.2, 0.25) is 0 Å². The van der Waals surface area contributed by atoms with E-state index in [1.807, 2.05) is 24.3 Å². The molecule has 1 saturated heterocycles. The quantitative estimate of drug-likeness (QED) is 0.696. The van der Waals surface area contributed by atoms with Gasteiger partial charge in [-0.05, 0) is 55.0 Å². The van der Waals surface area contributed by atoms with Gasteiger partial charge in [0.15, 0.2) is 0 Å². The largest absolute Gasteiger partial charge is 0.393 e. The van der Waals surface area contributed by atoms with Crippen molar-refractivity contribution in [2.24, 2.45) is 0 Å². The highest BCUT2D eigenvalue weighted by atomic mass is 19.1. The number of fused-ring (bicyclic) bond motifs is 1. The first-order valence-electron chi connectivity index (χ1n) is 10.6. The molecule has 5 nitrogen and oxygen atoms in total. The molecule has 0 spiro atoms. The molecule has 2 fully saturated rings. The van der Waals surface area contributed by atoms with Crippen LogP contribution in [-0.2, 0) is 5.41 Å².